The average molecular weight is 317 g/mol. The third-order valence-electron chi connectivity index (χ3n) is 5.10. The molecule has 2 atom stereocenters. The monoisotopic (exact) mass is 317 g/mol. The molecule has 2 bridgehead atoms. The van der Waals surface area contributed by atoms with E-state index in [4.69, 9.17) is 4.52 Å². The molecule has 4 rings (SSSR count). The number of likely N-dealkylation sites (tertiary alicyclic amines) is 2. The minimum atomic E-state index is 0.710. The second kappa shape index (κ2) is 5.80. The first-order valence-electron chi connectivity index (χ1n) is 8.09. The van der Waals surface area contributed by atoms with E-state index in [9.17, 15) is 0 Å². The summed E-state index contributed by atoms with van der Waals surface area (Å²) in [6.45, 7) is 9.82. The van der Waals surface area contributed by atoms with Crippen LogP contribution in [0.5, 0.6) is 0 Å². The van der Waals surface area contributed by atoms with E-state index in [1.807, 2.05) is 25.2 Å². The lowest BCUT2D eigenvalue weighted by molar-refractivity contribution is 0.153. The normalized spacial score (nSPS) is 25.9. The molecule has 0 amide bonds. The van der Waals surface area contributed by atoms with Crippen LogP contribution in [0.4, 0.5) is 0 Å². The molecule has 2 fully saturated rings. The van der Waals surface area contributed by atoms with Crippen LogP contribution in [-0.2, 0) is 13.1 Å². The highest BCUT2D eigenvalue weighted by atomic mass is 32.1. The van der Waals surface area contributed by atoms with Gasteiger partial charge in [-0.25, -0.2) is 0 Å². The van der Waals surface area contributed by atoms with Gasteiger partial charge in [-0.3, -0.25) is 9.80 Å². The summed E-state index contributed by atoms with van der Waals surface area (Å²) in [5.41, 5.74) is 2.33. The van der Waals surface area contributed by atoms with Crippen molar-refractivity contribution in [3.8, 4) is 0 Å². The molecule has 118 valence electrons. The van der Waals surface area contributed by atoms with Gasteiger partial charge >= 0.3 is 0 Å². The Kier molecular flexibility index (Phi) is 3.80. The van der Waals surface area contributed by atoms with Gasteiger partial charge in [-0.05, 0) is 37.6 Å². The van der Waals surface area contributed by atoms with Crippen molar-refractivity contribution in [3.05, 3.63) is 39.4 Å². The number of hydrogen-bond donors (Lipinski definition) is 0. The molecule has 4 heterocycles. The van der Waals surface area contributed by atoms with E-state index in [1.165, 1.54) is 36.5 Å². The number of aromatic nitrogens is 1. The molecule has 0 N–H and O–H groups in total. The van der Waals surface area contributed by atoms with Crippen molar-refractivity contribution in [3.63, 3.8) is 0 Å². The molecule has 2 aliphatic rings. The molecule has 0 saturated carbocycles. The quantitative estimate of drug-likeness (QED) is 0.867. The maximum absolute atomic E-state index is 5.31. The number of piperidine rings is 1. The van der Waals surface area contributed by atoms with E-state index in [2.05, 4.69) is 32.5 Å². The third kappa shape index (κ3) is 2.73. The molecular formula is C17H23N3OS. The molecule has 0 radical (unpaired) electrons. The molecule has 0 aromatic carbocycles. The van der Waals surface area contributed by atoms with E-state index in [0.717, 1.165) is 30.5 Å². The van der Waals surface area contributed by atoms with Crippen LogP contribution in [0.3, 0.4) is 0 Å². The second-order valence-electron chi connectivity index (χ2n) is 6.76. The lowest BCUT2D eigenvalue weighted by Gasteiger charge is -2.32. The van der Waals surface area contributed by atoms with Gasteiger partial charge in [-0.2, -0.15) is 0 Å². The molecule has 22 heavy (non-hydrogen) atoms. The van der Waals surface area contributed by atoms with Crippen molar-refractivity contribution >= 4 is 11.3 Å². The van der Waals surface area contributed by atoms with Gasteiger partial charge in [0.1, 0.15) is 5.76 Å². The third-order valence-corrected chi connectivity index (χ3v) is 5.96. The number of fused-ring (bicyclic) bond motifs is 2. The Morgan fingerprint density at radius 2 is 2.18 bits per heavy atom. The fourth-order valence-electron chi connectivity index (χ4n) is 4.03. The van der Waals surface area contributed by atoms with Gasteiger partial charge in [-0.15, -0.1) is 11.3 Å². The van der Waals surface area contributed by atoms with E-state index in [1.54, 1.807) is 0 Å². The summed E-state index contributed by atoms with van der Waals surface area (Å²) in [4.78, 5) is 6.77. The van der Waals surface area contributed by atoms with E-state index < -0.39 is 0 Å². The highest BCUT2D eigenvalue weighted by Gasteiger charge is 2.38. The Hall–Kier alpha value is -1.17. The standard InChI is InChI=1S/C17H23N3OS/c1-12-17(13(2)21-18-12)11-19-7-14-6-15(9-19)20(8-14)10-16-4-3-5-22-16/h3-5,14-15H,6-11H2,1-2H3. The summed E-state index contributed by atoms with van der Waals surface area (Å²) in [6.07, 6.45) is 1.36. The topological polar surface area (TPSA) is 32.5 Å². The first-order chi connectivity index (χ1) is 10.7. The molecule has 0 aliphatic carbocycles. The molecule has 2 aliphatic heterocycles. The SMILES string of the molecule is Cc1noc(C)c1CN1CC2CC(C1)N(Cc1cccs1)C2. The first-order valence-corrected chi connectivity index (χ1v) is 8.97. The molecule has 4 nitrogen and oxygen atoms in total. The Balaban J connectivity index is 1.42. The van der Waals surface area contributed by atoms with Crippen LogP contribution < -0.4 is 0 Å². The lowest BCUT2D eigenvalue weighted by Crippen LogP contribution is -2.41. The smallest absolute Gasteiger partial charge is 0.138 e. The van der Waals surface area contributed by atoms with Crippen LogP contribution in [-0.4, -0.2) is 40.6 Å². The maximum Gasteiger partial charge on any atom is 0.138 e. The van der Waals surface area contributed by atoms with E-state index in [-0.39, 0.29) is 0 Å². The van der Waals surface area contributed by atoms with Crippen molar-refractivity contribution in [2.75, 3.05) is 19.6 Å². The first kappa shape index (κ1) is 14.4. The van der Waals surface area contributed by atoms with Gasteiger partial charge < -0.3 is 4.52 Å². The van der Waals surface area contributed by atoms with Crippen molar-refractivity contribution < 1.29 is 4.52 Å². The highest BCUT2D eigenvalue weighted by Crippen LogP contribution is 2.32. The average Bonchev–Trinajstić information content (AvgIpc) is 3.18. The summed E-state index contributed by atoms with van der Waals surface area (Å²) < 4.78 is 5.31. The number of nitrogens with zero attached hydrogens (tertiary/aromatic N) is 3. The summed E-state index contributed by atoms with van der Waals surface area (Å²) in [6, 6.07) is 5.13. The Morgan fingerprint density at radius 3 is 2.91 bits per heavy atom. The van der Waals surface area contributed by atoms with Gasteiger partial charge in [0.15, 0.2) is 0 Å². The summed E-state index contributed by atoms with van der Waals surface area (Å²) in [5.74, 6) is 1.80. The summed E-state index contributed by atoms with van der Waals surface area (Å²) >= 11 is 1.88. The molecule has 2 aromatic rings. The fourth-order valence-corrected chi connectivity index (χ4v) is 4.76. The maximum atomic E-state index is 5.31. The molecule has 2 unspecified atom stereocenters. The van der Waals surface area contributed by atoms with Gasteiger partial charge in [0, 0.05) is 49.2 Å². The predicted octanol–water partition coefficient (Wildman–Crippen LogP) is 3.06. The molecule has 2 saturated heterocycles. The van der Waals surface area contributed by atoms with Crippen molar-refractivity contribution in [1.82, 2.24) is 15.0 Å². The molecule has 5 heteroatoms. The van der Waals surface area contributed by atoms with Gasteiger partial charge in [0.25, 0.3) is 0 Å². The number of thiophene rings is 1. The van der Waals surface area contributed by atoms with Crippen LogP contribution >= 0.6 is 11.3 Å². The number of hydrogen-bond acceptors (Lipinski definition) is 5. The minimum Gasteiger partial charge on any atom is -0.361 e. The fraction of sp³-hybridized carbons (Fsp3) is 0.588. The van der Waals surface area contributed by atoms with Gasteiger partial charge in [0.2, 0.25) is 0 Å². The van der Waals surface area contributed by atoms with Crippen LogP contribution in [0.15, 0.2) is 22.0 Å². The Labute approximate surface area is 135 Å². The van der Waals surface area contributed by atoms with Gasteiger partial charge in [0.05, 0.1) is 5.69 Å². The van der Waals surface area contributed by atoms with E-state index >= 15 is 0 Å². The van der Waals surface area contributed by atoms with Crippen LogP contribution in [0.2, 0.25) is 0 Å². The van der Waals surface area contributed by atoms with Crippen molar-refractivity contribution in [1.29, 1.82) is 0 Å². The second-order valence-corrected chi connectivity index (χ2v) is 7.79. The summed E-state index contributed by atoms with van der Waals surface area (Å²) in [5, 5.41) is 6.27. The minimum absolute atomic E-state index is 0.710. The van der Waals surface area contributed by atoms with Crippen LogP contribution in [0.25, 0.3) is 0 Å². The number of aryl methyl sites for hydroxylation is 2. The van der Waals surface area contributed by atoms with Gasteiger partial charge in [-0.1, -0.05) is 11.2 Å². The Bertz CT molecular complexity index is 617. The zero-order valence-corrected chi connectivity index (χ0v) is 14.1. The lowest BCUT2D eigenvalue weighted by atomic mass is 9.99. The number of rotatable bonds is 4. The van der Waals surface area contributed by atoms with Crippen molar-refractivity contribution in [2.45, 2.75) is 39.4 Å². The van der Waals surface area contributed by atoms with Crippen LogP contribution in [0, 0.1) is 19.8 Å². The largest absolute Gasteiger partial charge is 0.361 e. The summed E-state index contributed by atoms with van der Waals surface area (Å²) in [7, 11) is 0. The zero-order valence-electron chi connectivity index (χ0n) is 13.3. The molecule has 2 aromatic heterocycles. The predicted molar refractivity (Wildman–Crippen MR) is 87.9 cm³/mol. The van der Waals surface area contributed by atoms with Crippen molar-refractivity contribution in [2.24, 2.45) is 5.92 Å². The molecular weight excluding hydrogens is 294 g/mol. The zero-order chi connectivity index (χ0) is 15.1. The Morgan fingerprint density at radius 1 is 1.27 bits per heavy atom. The van der Waals surface area contributed by atoms with E-state index in [0.29, 0.717) is 6.04 Å². The van der Waals surface area contributed by atoms with Crippen LogP contribution in [0.1, 0.15) is 28.3 Å². The highest BCUT2D eigenvalue weighted by molar-refractivity contribution is 7.09. The molecule has 0 spiro atoms.